The highest BCUT2D eigenvalue weighted by Gasteiger charge is 2.54. The van der Waals surface area contributed by atoms with E-state index in [0.29, 0.717) is 0 Å². The van der Waals surface area contributed by atoms with Gasteiger partial charge in [0, 0.05) is 36.9 Å². The molecule has 1 aromatic carbocycles. The molecule has 1 aliphatic carbocycles. The van der Waals surface area contributed by atoms with E-state index in [9.17, 15) is 18.0 Å². The lowest BCUT2D eigenvalue weighted by Gasteiger charge is -2.51. The van der Waals surface area contributed by atoms with E-state index < -0.39 is 21.4 Å². The molecule has 2 aliphatic rings. The fraction of sp³-hybridized carbons (Fsp3) is 0.524. The number of ketones is 2. The van der Waals surface area contributed by atoms with Crippen LogP contribution in [0.5, 0.6) is 0 Å². The molecule has 6 heteroatoms. The molecule has 5 nitrogen and oxygen atoms in total. The van der Waals surface area contributed by atoms with E-state index in [1.807, 2.05) is 26.0 Å². The molecule has 1 aliphatic heterocycles. The lowest BCUT2D eigenvalue weighted by atomic mass is 9.63. The van der Waals surface area contributed by atoms with E-state index >= 15 is 0 Å². The van der Waals surface area contributed by atoms with Crippen molar-refractivity contribution in [2.75, 3.05) is 18.8 Å². The maximum absolute atomic E-state index is 12.9. The summed E-state index contributed by atoms with van der Waals surface area (Å²) in [5, 5.41) is 0. The van der Waals surface area contributed by atoms with Crippen molar-refractivity contribution in [2.24, 2.45) is 5.41 Å². The first-order valence-electron chi connectivity index (χ1n) is 9.19. The Hall–Kier alpha value is -1.97. The number of aryl methyl sites for hydroxylation is 2. The van der Waals surface area contributed by atoms with Gasteiger partial charge in [0.05, 0.1) is 5.75 Å². The lowest BCUT2D eigenvalue weighted by Crippen LogP contribution is -2.62. The molecule has 2 fully saturated rings. The summed E-state index contributed by atoms with van der Waals surface area (Å²) in [6.45, 7) is 7.74. The third-order valence-corrected chi connectivity index (χ3v) is 7.45. The molecule has 0 aromatic heterocycles. The number of hydrogen-bond acceptors (Lipinski definition) is 4. The Morgan fingerprint density at radius 1 is 1.11 bits per heavy atom. The highest BCUT2D eigenvalue weighted by atomic mass is 32.2. The SMILES string of the molecule is CC#Cc1cc(C)c(C2C(=O)CC3(CC2=O)CN(S(=O)(=O)CC)C3)c(C)c1. The number of nitrogens with zero attached hydrogens (tertiary/aromatic N) is 1. The number of rotatable bonds is 3. The summed E-state index contributed by atoms with van der Waals surface area (Å²) in [7, 11) is -3.26. The van der Waals surface area contributed by atoms with Gasteiger partial charge in [0.15, 0.2) is 0 Å². The number of carbonyl (C=O) groups excluding carboxylic acids is 2. The molecule has 27 heavy (non-hydrogen) atoms. The summed E-state index contributed by atoms with van der Waals surface area (Å²) in [6, 6.07) is 3.84. The van der Waals surface area contributed by atoms with Gasteiger partial charge in [-0.3, -0.25) is 9.59 Å². The van der Waals surface area contributed by atoms with E-state index in [1.165, 1.54) is 4.31 Å². The van der Waals surface area contributed by atoms with E-state index in [-0.39, 0.29) is 43.3 Å². The van der Waals surface area contributed by atoms with Crippen LogP contribution in [0.15, 0.2) is 12.1 Å². The zero-order valence-electron chi connectivity index (χ0n) is 16.3. The van der Waals surface area contributed by atoms with Crippen LogP contribution in [-0.4, -0.2) is 43.1 Å². The molecule has 144 valence electrons. The van der Waals surface area contributed by atoms with Gasteiger partial charge in [-0.05, 0) is 56.5 Å². The molecule has 1 aromatic rings. The molecule has 1 heterocycles. The van der Waals surface area contributed by atoms with Gasteiger partial charge in [-0.25, -0.2) is 12.7 Å². The van der Waals surface area contributed by atoms with Crippen LogP contribution in [0.4, 0.5) is 0 Å². The number of carbonyl (C=O) groups is 2. The van der Waals surface area contributed by atoms with Crippen LogP contribution >= 0.6 is 0 Å². The van der Waals surface area contributed by atoms with Crippen molar-refractivity contribution in [3.8, 4) is 11.8 Å². The van der Waals surface area contributed by atoms with Crippen molar-refractivity contribution in [3.05, 3.63) is 34.4 Å². The van der Waals surface area contributed by atoms with Gasteiger partial charge in [-0.15, -0.1) is 5.92 Å². The van der Waals surface area contributed by atoms with Crippen molar-refractivity contribution >= 4 is 21.6 Å². The number of benzene rings is 1. The third-order valence-electron chi connectivity index (χ3n) is 5.68. The van der Waals surface area contributed by atoms with Crippen LogP contribution < -0.4 is 0 Å². The molecular weight excluding hydrogens is 362 g/mol. The van der Waals surface area contributed by atoms with Gasteiger partial charge < -0.3 is 0 Å². The van der Waals surface area contributed by atoms with E-state index in [1.54, 1.807) is 13.8 Å². The Bertz CT molecular complexity index is 932. The lowest BCUT2D eigenvalue weighted by molar-refractivity contribution is -0.140. The molecule has 0 radical (unpaired) electrons. The van der Waals surface area contributed by atoms with Gasteiger partial charge in [-0.1, -0.05) is 5.92 Å². The standard InChI is InChI=1S/C21H25NO4S/c1-5-7-16-8-14(3)19(15(4)9-16)20-17(23)10-21(11-18(20)24)12-22(13-21)27(25,26)6-2/h8-9,20H,6,10-13H2,1-4H3. The Morgan fingerprint density at radius 3 is 2.07 bits per heavy atom. The third kappa shape index (κ3) is 3.46. The first-order valence-corrected chi connectivity index (χ1v) is 10.8. The van der Waals surface area contributed by atoms with Crippen LogP contribution in [0, 0.1) is 31.1 Å². The summed E-state index contributed by atoms with van der Waals surface area (Å²) in [5.41, 5.74) is 2.96. The zero-order chi connectivity index (χ0) is 20.0. The van der Waals surface area contributed by atoms with E-state index in [2.05, 4.69) is 11.8 Å². The predicted molar refractivity (Wildman–Crippen MR) is 104 cm³/mol. The number of hydrogen-bond donors (Lipinski definition) is 0. The first-order chi connectivity index (χ1) is 12.6. The molecule has 3 rings (SSSR count). The molecule has 1 spiro atoms. The highest BCUT2D eigenvalue weighted by Crippen LogP contribution is 2.46. The first kappa shape index (κ1) is 19.8. The van der Waals surface area contributed by atoms with Crippen LogP contribution in [0.3, 0.4) is 0 Å². The number of sulfonamides is 1. The summed E-state index contributed by atoms with van der Waals surface area (Å²) >= 11 is 0. The fourth-order valence-electron chi connectivity index (χ4n) is 4.46. The Morgan fingerprint density at radius 2 is 1.63 bits per heavy atom. The van der Waals surface area contributed by atoms with Crippen molar-refractivity contribution in [1.29, 1.82) is 0 Å². The Balaban J connectivity index is 1.85. The second kappa shape index (κ2) is 6.88. The minimum Gasteiger partial charge on any atom is -0.298 e. The van der Waals surface area contributed by atoms with Crippen molar-refractivity contribution in [1.82, 2.24) is 4.31 Å². The van der Waals surface area contributed by atoms with Crippen molar-refractivity contribution in [3.63, 3.8) is 0 Å². The molecule has 0 bridgehead atoms. The van der Waals surface area contributed by atoms with Gasteiger partial charge in [0.1, 0.15) is 17.5 Å². The average molecular weight is 388 g/mol. The van der Waals surface area contributed by atoms with Gasteiger partial charge >= 0.3 is 0 Å². The topological polar surface area (TPSA) is 71.5 Å². The minimum atomic E-state index is -3.26. The minimum absolute atomic E-state index is 0.0407. The van der Waals surface area contributed by atoms with E-state index in [0.717, 1.165) is 22.3 Å². The fourth-order valence-corrected chi connectivity index (χ4v) is 5.76. The Kier molecular flexibility index (Phi) is 5.04. The summed E-state index contributed by atoms with van der Waals surface area (Å²) in [5.74, 6) is 4.99. The largest absolute Gasteiger partial charge is 0.298 e. The molecule has 0 N–H and O–H groups in total. The molecule has 1 saturated heterocycles. The summed E-state index contributed by atoms with van der Waals surface area (Å²) in [6.07, 6.45) is 0.517. The van der Waals surface area contributed by atoms with Gasteiger partial charge in [0.2, 0.25) is 10.0 Å². The number of Topliss-reactive ketones (excluding diaryl/α,β-unsaturated/α-hetero) is 2. The summed E-state index contributed by atoms with van der Waals surface area (Å²) in [4.78, 5) is 25.9. The molecular formula is C21H25NO4S. The summed E-state index contributed by atoms with van der Waals surface area (Å²) < 4.78 is 25.3. The van der Waals surface area contributed by atoms with Crippen molar-refractivity contribution in [2.45, 2.75) is 46.5 Å². The normalized spacial score (nSPS) is 20.3. The van der Waals surface area contributed by atoms with Crippen LogP contribution in [0.1, 0.15) is 54.9 Å². The quantitative estimate of drug-likeness (QED) is 0.590. The van der Waals surface area contributed by atoms with E-state index in [4.69, 9.17) is 0 Å². The second-order valence-corrected chi connectivity index (χ2v) is 10.0. The van der Waals surface area contributed by atoms with Crippen molar-refractivity contribution < 1.29 is 18.0 Å². The second-order valence-electron chi connectivity index (χ2n) is 7.79. The average Bonchev–Trinajstić information content (AvgIpc) is 2.54. The van der Waals surface area contributed by atoms with Crippen LogP contribution in [0.2, 0.25) is 0 Å². The highest BCUT2D eigenvalue weighted by molar-refractivity contribution is 7.89. The zero-order valence-corrected chi connectivity index (χ0v) is 17.1. The van der Waals surface area contributed by atoms with Crippen LogP contribution in [-0.2, 0) is 19.6 Å². The molecule has 0 unspecified atom stereocenters. The molecule has 0 amide bonds. The monoisotopic (exact) mass is 387 g/mol. The van der Waals surface area contributed by atoms with Crippen LogP contribution in [0.25, 0.3) is 0 Å². The van der Waals surface area contributed by atoms with Gasteiger partial charge in [-0.2, -0.15) is 0 Å². The smallest absolute Gasteiger partial charge is 0.213 e. The maximum atomic E-state index is 12.9. The maximum Gasteiger partial charge on any atom is 0.213 e. The van der Waals surface area contributed by atoms with Gasteiger partial charge in [0.25, 0.3) is 0 Å². The molecule has 0 atom stereocenters. The predicted octanol–water partition coefficient (Wildman–Crippen LogP) is 2.34. The Labute approximate surface area is 161 Å². The molecule has 1 saturated carbocycles.